The maximum absolute atomic E-state index is 10.7. The molecule has 0 unspecified atom stereocenters. The van der Waals surface area contributed by atoms with E-state index in [4.69, 9.17) is 9.84 Å². The molecule has 24 heavy (non-hydrogen) atoms. The topological polar surface area (TPSA) is 58.6 Å². The van der Waals surface area contributed by atoms with E-state index in [2.05, 4.69) is 18.3 Å². The van der Waals surface area contributed by atoms with Gasteiger partial charge in [-0.25, -0.2) is 4.79 Å². The number of aliphatic carboxylic acids is 1. The molecule has 0 aromatic heterocycles. The van der Waals surface area contributed by atoms with Gasteiger partial charge in [0.05, 0.1) is 6.61 Å². The van der Waals surface area contributed by atoms with Crippen LogP contribution >= 0.6 is 0 Å². The number of hydrogen-bond acceptors (Lipinski definition) is 3. The molecular weight excluding hydrogens is 302 g/mol. The van der Waals surface area contributed by atoms with Gasteiger partial charge in [0, 0.05) is 24.4 Å². The summed E-state index contributed by atoms with van der Waals surface area (Å²) in [5.41, 5.74) is 3.89. The van der Waals surface area contributed by atoms with Crippen molar-refractivity contribution in [2.75, 3.05) is 19.0 Å². The van der Waals surface area contributed by atoms with E-state index < -0.39 is 5.97 Å². The first-order valence-electron chi connectivity index (χ1n) is 8.10. The maximum Gasteiger partial charge on any atom is 0.328 e. The number of rotatable bonds is 8. The van der Waals surface area contributed by atoms with Crippen LogP contribution in [0.15, 0.2) is 48.5 Å². The lowest BCUT2D eigenvalue weighted by atomic mass is 10.0. The number of unbranched alkanes of at least 4 members (excludes halogenated alkanes) is 1. The summed E-state index contributed by atoms with van der Waals surface area (Å²) in [5.74, 6) is -0.196. The van der Waals surface area contributed by atoms with Gasteiger partial charge in [-0.15, -0.1) is 0 Å². The average Bonchev–Trinajstić information content (AvgIpc) is 2.60. The Morgan fingerprint density at radius 3 is 2.79 bits per heavy atom. The van der Waals surface area contributed by atoms with Gasteiger partial charge in [-0.3, -0.25) is 0 Å². The van der Waals surface area contributed by atoms with Gasteiger partial charge >= 0.3 is 5.97 Å². The molecule has 0 aliphatic heterocycles. The number of carbonyl (C=O) groups is 1. The third kappa shape index (κ3) is 4.88. The lowest BCUT2D eigenvalue weighted by molar-refractivity contribution is -0.131. The lowest BCUT2D eigenvalue weighted by Crippen LogP contribution is -1.99. The van der Waals surface area contributed by atoms with Crippen LogP contribution < -0.4 is 10.1 Å². The minimum absolute atomic E-state index is 0.640. The average molecular weight is 325 g/mol. The van der Waals surface area contributed by atoms with Crippen LogP contribution in [-0.2, 0) is 4.79 Å². The zero-order valence-corrected chi connectivity index (χ0v) is 14.1. The van der Waals surface area contributed by atoms with Crippen LogP contribution in [0.2, 0.25) is 0 Å². The third-order valence-corrected chi connectivity index (χ3v) is 3.64. The van der Waals surface area contributed by atoms with Crippen molar-refractivity contribution in [2.24, 2.45) is 0 Å². The van der Waals surface area contributed by atoms with E-state index in [1.165, 1.54) is 0 Å². The Balaban J connectivity index is 2.38. The summed E-state index contributed by atoms with van der Waals surface area (Å²) in [4.78, 5) is 10.7. The van der Waals surface area contributed by atoms with Crippen molar-refractivity contribution in [3.63, 3.8) is 0 Å². The highest BCUT2D eigenvalue weighted by Crippen LogP contribution is 2.33. The normalized spacial score (nSPS) is 10.8. The molecule has 0 saturated carbocycles. The molecule has 2 rings (SSSR count). The Hall–Kier alpha value is -2.75. The lowest BCUT2D eigenvalue weighted by Gasteiger charge is -2.13. The van der Waals surface area contributed by atoms with Crippen LogP contribution in [0.3, 0.4) is 0 Å². The van der Waals surface area contributed by atoms with Crippen LogP contribution in [0.5, 0.6) is 5.75 Å². The number of carboxylic acid groups (broad SMARTS) is 1. The van der Waals surface area contributed by atoms with E-state index in [9.17, 15) is 4.79 Å². The smallest absolute Gasteiger partial charge is 0.328 e. The number of nitrogens with one attached hydrogen (secondary N) is 1. The first-order chi connectivity index (χ1) is 11.6. The predicted octanol–water partition coefficient (Wildman–Crippen LogP) is 4.67. The molecular formula is C20H23NO3. The first kappa shape index (κ1) is 17.6. The molecule has 0 atom stereocenters. The minimum Gasteiger partial charge on any atom is -0.493 e. The number of carboxylic acids is 1. The third-order valence-electron chi connectivity index (χ3n) is 3.64. The molecule has 0 heterocycles. The van der Waals surface area contributed by atoms with Crippen molar-refractivity contribution in [3.05, 3.63) is 54.1 Å². The summed E-state index contributed by atoms with van der Waals surface area (Å²) in [7, 11) is 1.89. The Morgan fingerprint density at radius 2 is 2.08 bits per heavy atom. The van der Waals surface area contributed by atoms with E-state index in [1.807, 2.05) is 43.4 Å². The first-order valence-corrected chi connectivity index (χ1v) is 8.10. The van der Waals surface area contributed by atoms with Gasteiger partial charge < -0.3 is 15.2 Å². The number of anilines is 1. The second-order valence-corrected chi connectivity index (χ2v) is 5.46. The summed E-state index contributed by atoms with van der Waals surface area (Å²) >= 11 is 0. The van der Waals surface area contributed by atoms with Crippen molar-refractivity contribution in [2.45, 2.75) is 19.8 Å². The van der Waals surface area contributed by atoms with Crippen LogP contribution in [-0.4, -0.2) is 24.7 Å². The molecule has 0 saturated heterocycles. The van der Waals surface area contributed by atoms with Crippen molar-refractivity contribution >= 4 is 17.7 Å². The van der Waals surface area contributed by atoms with Crippen molar-refractivity contribution in [3.8, 4) is 16.9 Å². The van der Waals surface area contributed by atoms with E-state index in [0.717, 1.165) is 47.0 Å². The highest BCUT2D eigenvalue weighted by molar-refractivity contribution is 5.86. The molecule has 2 aromatic rings. The summed E-state index contributed by atoms with van der Waals surface area (Å²) in [6, 6.07) is 13.9. The minimum atomic E-state index is -0.964. The molecule has 126 valence electrons. The standard InChI is InChI=1S/C20H23NO3/c1-3-4-12-24-19-13-15(9-11-20(22)23)8-10-18(19)16-6-5-7-17(14-16)21-2/h5-11,13-14,21H,3-4,12H2,1-2H3,(H,22,23)/b11-9+. The molecule has 0 bridgehead atoms. The maximum atomic E-state index is 10.7. The second-order valence-electron chi connectivity index (χ2n) is 5.46. The van der Waals surface area contributed by atoms with E-state index >= 15 is 0 Å². The van der Waals surface area contributed by atoms with Crippen LogP contribution in [0, 0.1) is 0 Å². The SMILES string of the molecule is CCCCOc1cc(/C=C/C(=O)O)ccc1-c1cccc(NC)c1. The van der Waals surface area contributed by atoms with Gasteiger partial charge in [-0.05, 0) is 41.8 Å². The van der Waals surface area contributed by atoms with E-state index in [-0.39, 0.29) is 0 Å². The number of hydrogen-bond donors (Lipinski definition) is 2. The monoisotopic (exact) mass is 325 g/mol. The predicted molar refractivity (Wildman–Crippen MR) is 98.5 cm³/mol. The fourth-order valence-electron chi connectivity index (χ4n) is 2.34. The number of ether oxygens (including phenoxy) is 1. The molecule has 4 nitrogen and oxygen atoms in total. The molecule has 0 fully saturated rings. The van der Waals surface area contributed by atoms with Gasteiger partial charge in [-0.2, -0.15) is 0 Å². The molecule has 0 spiro atoms. The van der Waals surface area contributed by atoms with Crippen LogP contribution in [0.4, 0.5) is 5.69 Å². The van der Waals surface area contributed by atoms with E-state index in [1.54, 1.807) is 6.08 Å². The van der Waals surface area contributed by atoms with Crippen molar-refractivity contribution in [1.29, 1.82) is 0 Å². The Kier molecular flexibility index (Phi) is 6.43. The highest BCUT2D eigenvalue weighted by Gasteiger charge is 2.08. The fraction of sp³-hybridized carbons (Fsp3) is 0.250. The molecule has 0 aliphatic rings. The summed E-state index contributed by atoms with van der Waals surface area (Å²) < 4.78 is 5.95. The molecule has 0 aliphatic carbocycles. The molecule has 2 N–H and O–H groups in total. The molecule has 2 aromatic carbocycles. The fourth-order valence-corrected chi connectivity index (χ4v) is 2.34. The summed E-state index contributed by atoms with van der Waals surface area (Å²) in [6.45, 7) is 2.76. The second kappa shape index (κ2) is 8.77. The van der Waals surface area contributed by atoms with Crippen molar-refractivity contribution in [1.82, 2.24) is 0 Å². The zero-order chi connectivity index (χ0) is 17.4. The van der Waals surface area contributed by atoms with Gasteiger partial charge in [0.25, 0.3) is 0 Å². The Morgan fingerprint density at radius 1 is 1.25 bits per heavy atom. The Labute approximate surface area is 142 Å². The van der Waals surface area contributed by atoms with Gasteiger partial charge in [-0.1, -0.05) is 37.6 Å². The van der Waals surface area contributed by atoms with Crippen LogP contribution in [0.25, 0.3) is 17.2 Å². The largest absolute Gasteiger partial charge is 0.493 e. The molecule has 0 radical (unpaired) electrons. The zero-order valence-electron chi connectivity index (χ0n) is 14.1. The van der Waals surface area contributed by atoms with Crippen molar-refractivity contribution < 1.29 is 14.6 Å². The van der Waals surface area contributed by atoms with Gasteiger partial charge in [0.1, 0.15) is 5.75 Å². The number of benzene rings is 2. The van der Waals surface area contributed by atoms with Crippen LogP contribution in [0.1, 0.15) is 25.3 Å². The van der Waals surface area contributed by atoms with Gasteiger partial charge in [0.15, 0.2) is 0 Å². The summed E-state index contributed by atoms with van der Waals surface area (Å²) in [5, 5.41) is 11.9. The van der Waals surface area contributed by atoms with Gasteiger partial charge in [0.2, 0.25) is 0 Å². The quantitative estimate of drug-likeness (QED) is 0.547. The van der Waals surface area contributed by atoms with E-state index in [0.29, 0.717) is 6.61 Å². The highest BCUT2D eigenvalue weighted by atomic mass is 16.5. The molecule has 4 heteroatoms. The summed E-state index contributed by atoms with van der Waals surface area (Å²) in [6.07, 6.45) is 4.74. The molecule has 0 amide bonds. The Bertz CT molecular complexity index is 723.